The molecule has 0 saturated carbocycles. The molecule has 0 fully saturated rings. The Morgan fingerprint density at radius 2 is 2.00 bits per heavy atom. The molecule has 84 valence electrons. The monoisotopic (exact) mass is 295 g/mol. The maximum Gasteiger partial charge on any atom is 0.180 e. The molecule has 4 N–H and O–H groups in total. The number of nitrogens with two attached hydrogens (primary N) is 1. The molecule has 0 radical (unpaired) electrons. The van der Waals surface area contributed by atoms with Crippen LogP contribution in [-0.2, 0) is 9.84 Å². The van der Waals surface area contributed by atoms with Crippen LogP contribution in [0.2, 0.25) is 0 Å². The largest absolute Gasteiger partial charge is 0.505 e. The second-order valence-corrected chi connectivity index (χ2v) is 5.85. The molecule has 0 spiro atoms. The zero-order valence-corrected chi connectivity index (χ0v) is 10.0. The van der Waals surface area contributed by atoms with Gasteiger partial charge in [0, 0.05) is 0 Å². The van der Waals surface area contributed by atoms with Crippen LogP contribution in [0.3, 0.4) is 0 Å². The van der Waals surface area contributed by atoms with Crippen molar-refractivity contribution in [3.63, 3.8) is 0 Å². The van der Waals surface area contributed by atoms with Crippen molar-refractivity contribution in [1.82, 2.24) is 0 Å². The van der Waals surface area contributed by atoms with Crippen LogP contribution in [0.5, 0.6) is 5.75 Å². The molecule has 0 amide bonds. The predicted molar refractivity (Wildman–Crippen MR) is 59.4 cm³/mol. The normalized spacial score (nSPS) is 11.6. The van der Waals surface area contributed by atoms with E-state index in [1.54, 1.807) is 0 Å². The molecule has 0 aliphatic carbocycles. The second-order valence-electron chi connectivity index (χ2n) is 2.89. The van der Waals surface area contributed by atoms with Crippen molar-refractivity contribution in [2.75, 3.05) is 18.1 Å². The number of rotatable bonds is 3. The van der Waals surface area contributed by atoms with Crippen LogP contribution in [0.4, 0.5) is 5.69 Å². The van der Waals surface area contributed by atoms with Gasteiger partial charge >= 0.3 is 0 Å². The van der Waals surface area contributed by atoms with Gasteiger partial charge in [0.15, 0.2) is 15.6 Å². The Kier molecular flexibility index (Phi) is 3.58. The van der Waals surface area contributed by atoms with E-state index in [-0.39, 0.29) is 26.6 Å². The first-order chi connectivity index (χ1) is 6.88. The summed E-state index contributed by atoms with van der Waals surface area (Å²) in [6.45, 7) is -0.458. The maximum atomic E-state index is 11.5. The van der Waals surface area contributed by atoms with Gasteiger partial charge in [0.2, 0.25) is 0 Å². The summed E-state index contributed by atoms with van der Waals surface area (Å²) in [6, 6.07) is 2.40. The first kappa shape index (κ1) is 12.3. The van der Waals surface area contributed by atoms with Crippen molar-refractivity contribution in [1.29, 1.82) is 0 Å². The number of sulfone groups is 1. The minimum Gasteiger partial charge on any atom is -0.505 e. The Bertz CT molecular complexity index is 449. The van der Waals surface area contributed by atoms with Gasteiger partial charge in [0.05, 0.1) is 27.4 Å². The summed E-state index contributed by atoms with van der Waals surface area (Å²) in [6.07, 6.45) is 0. The van der Waals surface area contributed by atoms with Gasteiger partial charge in [-0.05, 0) is 28.1 Å². The molecule has 0 atom stereocenters. The number of aromatic hydroxyl groups is 1. The van der Waals surface area contributed by atoms with Crippen LogP contribution in [0.1, 0.15) is 0 Å². The fraction of sp³-hybridized carbons (Fsp3) is 0.250. The lowest BCUT2D eigenvalue weighted by atomic mass is 10.3. The lowest BCUT2D eigenvalue weighted by Gasteiger charge is -2.06. The van der Waals surface area contributed by atoms with Gasteiger partial charge in [-0.3, -0.25) is 0 Å². The summed E-state index contributed by atoms with van der Waals surface area (Å²) in [5, 5.41) is 17.9. The summed E-state index contributed by atoms with van der Waals surface area (Å²) < 4.78 is 23.3. The molecule has 0 heterocycles. The van der Waals surface area contributed by atoms with Gasteiger partial charge in [-0.1, -0.05) is 0 Å². The summed E-state index contributed by atoms with van der Waals surface area (Å²) in [4.78, 5) is -0.0290. The van der Waals surface area contributed by atoms with Crippen LogP contribution in [0, 0.1) is 0 Å². The number of aliphatic hydroxyl groups excluding tert-OH is 1. The number of aliphatic hydroxyl groups is 1. The molecule has 1 aromatic rings. The average Bonchev–Trinajstić information content (AvgIpc) is 2.13. The number of hydrogen-bond donors (Lipinski definition) is 3. The third-order valence-electron chi connectivity index (χ3n) is 1.79. The van der Waals surface area contributed by atoms with E-state index in [0.29, 0.717) is 0 Å². The minimum atomic E-state index is -3.54. The summed E-state index contributed by atoms with van der Waals surface area (Å²) in [5.74, 6) is -0.568. The van der Waals surface area contributed by atoms with Gasteiger partial charge < -0.3 is 15.9 Å². The number of phenols is 1. The third kappa shape index (κ3) is 2.61. The number of nitrogen functional groups attached to an aromatic ring is 1. The maximum absolute atomic E-state index is 11.5. The highest BCUT2D eigenvalue weighted by Crippen LogP contribution is 2.33. The molecule has 0 bridgehead atoms. The fourth-order valence-electron chi connectivity index (χ4n) is 1.01. The molecular formula is C8H10BrNO4S. The highest BCUT2D eigenvalue weighted by molar-refractivity contribution is 9.10. The van der Waals surface area contributed by atoms with Crippen LogP contribution in [0.15, 0.2) is 21.5 Å². The smallest absolute Gasteiger partial charge is 0.180 e. The molecule has 0 aliphatic heterocycles. The van der Waals surface area contributed by atoms with E-state index in [1.807, 2.05) is 0 Å². The van der Waals surface area contributed by atoms with Crippen molar-refractivity contribution in [3.8, 4) is 5.75 Å². The van der Waals surface area contributed by atoms with Crippen molar-refractivity contribution < 1.29 is 18.6 Å². The number of hydrogen-bond acceptors (Lipinski definition) is 5. The van der Waals surface area contributed by atoms with E-state index in [0.717, 1.165) is 6.07 Å². The van der Waals surface area contributed by atoms with E-state index in [1.165, 1.54) is 6.07 Å². The lowest BCUT2D eigenvalue weighted by molar-refractivity contribution is 0.319. The predicted octanol–water partition coefficient (Wildman–Crippen LogP) is 0.503. The average molecular weight is 296 g/mol. The van der Waals surface area contributed by atoms with Crippen molar-refractivity contribution in [2.24, 2.45) is 0 Å². The highest BCUT2D eigenvalue weighted by Gasteiger charge is 2.17. The van der Waals surface area contributed by atoms with Gasteiger partial charge in [-0.25, -0.2) is 8.42 Å². The molecule has 0 unspecified atom stereocenters. The van der Waals surface area contributed by atoms with E-state index in [9.17, 15) is 13.5 Å². The number of anilines is 1. The minimum absolute atomic E-state index is 0.0270. The molecule has 15 heavy (non-hydrogen) atoms. The molecule has 0 aliphatic rings. The van der Waals surface area contributed by atoms with Crippen LogP contribution < -0.4 is 5.73 Å². The standard InChI is InChI=1S/C8H10BrNO4S/c9-6-3-5(4-7(10)8(6)12)15(13,14)2-1-11/h3-4,11-12H,1-2,10H2. The van der Waals surface area contributed by atoms with Crippen LogP contribution in [0.25, 0.3) is 0 Å². The molecule has 1 aromatic carbocycles. The first-order valence-electron chi connectivity index (χ1n) is 4.00. The van der Waals surface area contributed by atoms with Crippen molar-refractivity contribution >= 4 is 31.5 Å². The fourth-order valence-corrected chi connectivity index (χ4v) is 2.72. The van der Waals surface area contributed by atoms with Gasteiger partial charge in [-0.15, -0.1) is 0 Å². The highest BCUT2D eigenvalue weighted by atomic mass is 79.9. The Hall–Kier alpha value is -0.790. The van der Waals surface area contributed by atoms with Gasteiger partial charge in [0.1, 0.15) is 0 Å². The second kappa shape index (κ2) is 4.38. The molecule has 1 rings (SSSR count). The van der Waals surface area contributed by atoms with E-state index in [4.69, 9.17) is 10.8 Å². The van der Waals surface area contributed by atoms with Gasteiger partial charge in [0.25, 0.3) is 0 Å². The van der Waals surface area contributed by atoms with Crippen LogP contribution in [-0.4, -0.2) is 31.0 Å². The quantitative estimate of drug-likeness (QED) is 0.557. The van der Waals surface area contributed by atoms with E-state index >= 15 is 0 Å². The zero-order chi connectivity index (χ0) is 11.6. The van der Waals surface area contributed by atoms with E-state index in [2.05, 4.69) is 15.9 Å². The number of benzene rings is 1. The topological polar surface area (TPSA) is 101 Å². The molecule has 5 nitrogen and oxygen atoms in total. The van der Waals surface area contributed by atoms with Crippen molar-refractivity contribution in [3.05, 3.63) is 16.6 Å². The summed E-state index contributed by atoms with van der Waals surface area (Å²) in [5.41, 5.74) is 5.38. The summed E-state index contributed by atoms with van der Waals surface area (Å²) >= 11 is 2.98. The summed E-state index contributed by atoms with van der Waals surface area (Å²) in [7, 11) is -3.54. The van der Waals surface area contributed by atoms with Crippen LogP contribution >= 0.6 is 15.9 Å². The Morgan fingerprint density at radius 3 is 2.47 bits per heavy atom. The Balaban J connectivity index is 3.29. The molecule has 0 aromatic heterocycles. The Labute approximate surface area is 95.6 Å². The number of phenolic OH excluding ortho intramolecular Hbond substituents is 1. The Morgan fingerprint density at radius 1 is 1.40 bits per heavy atom. The third-order valence-corrected chi connectivity index (χ3v) is 4.06. The lowest BCUT2D eigenvalue weighted by Crippen LogP contribution is -2.10. The molecule has 7 heteroatoms. The van der Waals surface area contributed by atoms with Gasteiger partial charge in [-0.2, -0.15) is 0 Å². The van der Waals surface area contributed by atoms with E-state index < -0.39 is 16.4 Å². The SMILES string of the molecule is Nc1cc(S(=O)(=O)CCO)cc(Br)c1O. The molecular weight excluding hydrogens is 286 g/mol. The first-order valence-corrected chi connectivity index (χ1v) is 6.44. The number of halogens is 1. The molecule has 0 saturated heterocycles. The van der Waals surface area contributed by atoms with Crippen molar-refractivity contribution in [2.45, 2.75) is 4.90 Å². The zero-order valence-electron chi connectivity index (χ0n) is 7.64.